The molecule has 0 heterocycles. The van der Waals surface area contributed by atoms with Crippen LogP contribution in [0.15, 0.2) is 30.4 Å². The van der Waals surface area contributed by atoms with E-state index in [9.17, 15) is 4.79 Å². The molecule has 1 aromatic carbocycles. The minimum Gasteiger partial charge on any atom is -0.294 e. The van der Waals surface area contributed by atoms with Crippen LogP contribution in [-0.2, 0) is 6.42 Å². The van der Waals surface area contributed by atoms with E-state index < -0.39 is 0 Å². The van der Waals surface area contributed by atoms with Gasteiger partial charge < -0.3 is 0 Å². The molecule has 3 aliphatic rings. The van der Waals surface area contributed by atoms with E-state index in [1.807, 2.05) is 6.07 Å². The van der Waals surface area contributed by atoms with Crippen LogP contribution in [0.3, 0.4) is 0 Å². The zero-order valence-corrected chi connectivity index (χ0v) is 10.8. The molecule has 3 aliphatic carbocycles. The maximum Gasteiger partial charge on any atom is 0.163 e. The molecule has 0 saturated heterocycles. The summed E-state index contributed by atoms with van der Waals surface area (Å²) in [4.78, 5) is 12.4. The van der Waals surface area contributed by atoms with E-state index in [2.05, 4.69) is 31.2 Å². The lowest BCUT2D eigenvalue weighted by Gasteiger charge is -2.39. The van der Waals surface area contributed by atoms with Crippen molar-refractivity contribution in [1.29, 1.82) is 0 Å². The summed E-state index contributed by atoms with van der Waals surface area (Å²) in [6, 6.07) is 6.32. The van der Waals surface area contributed by atoms with Gasteiger partial charge in [0.2, 0.25) is 0 Å². The highest BCUT2D eigenvalue weighted by Gasteiger charge is 2.51. The molecule has 2 bridgehead atoms. The number of ketones is 1. The molecule has 0 aliphatic heterocycles. The van der Waals surface area contributed by atoms with Crippen molar-refractivity contribution >= 4 is 5.78 Å². The number of carbonyl (C=O) groups excluding carboxylic acids is 1. The highest BCUT2D eigenvalue weighted by molar-refractivity contribution is 5.99. The molecule has 0 radical (unpaired) electrons. The molecule has 18 heavy (non-hydrogen) atoms. The van der Waals surface area contributed by atoms with Gasteiger partial charge in [-0.05, 0) is 49.0 Å². The van der Waals surface area contributed by atoms with Crippen LogP contribution in [0.4, 0.5) is 0 Å². The Balaban J connectivity index is 1.80. The Bertz CT molecular complexity index is 569. The number of carbonyl (C=O) groups is 1. The molecule has 0 N–H and O–H groups in total. The third-order valence-electron chi connectivity index (χ3n) is 5.24. The SMILES string of the molecule is Cc1ccc2c(c1)CC1(CC2=O)CC2C=CC1C2. The first kappa shape index (κ1) is 10.5. The molecule has 1 nitrogen and oxygen atoms in total. The maximum absolute atomic E-state index is 12.4. The van der Waals surface area contributed by atoms with Gasteiger partial charge in [0.1, 0.15) is 0 Å². The molecule has 0 aromatic heterocycles. The summed E-state index contributed by atoms with van der Waals surface area (Å²) in [6.45, 7) is 2.12. The van der Waals surface area contributed by atoms with E-state index in [0.29, 0.717) is 11.7 Å². The molecular weight excluding hydrogens is 220 g/mol. The zero-order chi connectivity index (χ0) is 12.3. The smallest absolute Gasteiger partial charge is 0.163 e. The van der Waals surface area contributed by atoms with Crippen LogP contribution in [-0.4, -0.2) is 5.78 Å². The number of rotatable bonds is 0. The molecule has 4 rings (SSSR count). The summed E-state index contributed by atoms with van der Waals surface area (Å²) in [7, 11) is 0. The molecule has 1 fully saturated rings. The predicted octanol–water partition coefficient (Wildman–Crippen LogP) is 3.71. The second-order valence-electron chi connectivity index (χ2n) is 6.49. The van der Waals surface area contributed by atoms with Crippen LogP contribution in [0.25, 0.3) is 0 Å². The minimum atomic E-state index is 0.261. The van der Waals surface area contributed by atoms with Gasteiger partial charge in [-0.2, -0.15) is 0 Å². The molecule has 1 aromatic rings. The lowest BCUT2D eigenvalue weighted by molar-refractivity contribution is 0.0848. The summed E-state index contributed by atoms with van der Waals surface area (Å²) in [5.74, 6) is 1.77. The summed E-state index contributed by atoms with van der Waals surface area (Å²) in [5, 5.41) is 0. The van der Waals surface area contributed by atoms with Gasteiger partial charge in [-0.1, -0.05) is 35.9 Å². The Kier molecular flexibility index (Phi) is 1.96. The Morgan fingerprint density at radius 3 is 2.83 bits per heavy atom. The van der Waals surface area contributed by atoms with Crippen LogP contribution < -0.4 is 0 Å². The van der Waals surface area contributed by atoms with E-state index in [1.54, 1.807) is 0 Å². The van der Waals surface area contributed by atoms with Crippen LogP contribution >= 0.6 is 0 Å². The van der Waals surface area contributed by atoms with Crippen molar-refractivity contribution in [2.75, 3.05) is 0 Å². The van der Waals surface area contributed by atoms with Crippen LogP contribution in [0.2, 0.25) is 0 Å². The van der Waals surface area contributed by atoms with E-state index in [-0.39, 0.29) is 5.41 Å². The third kappa shape index (κ3) is 1.31. The average molecular weight is 238 g/mol. The van der Waals surface area contributed by atoms with Crippen molar-refractivity contribution in [3.8, 4) is 0 Å². The Morgan fingerprint density at radius 1 is 1.22 bits per heavy atom. The van der Waals surface area contributed by atoms with E-state index in [4.69, 9.17) is 0 Å². The van der Waals surface area contributed by atoms with Crippen molar-refractivity contribution in [2.45, 2.75) is 32.6 Å². The molecule has 0 amide bonds. The topological polar surface area (TPSA) is 17.1 Å². The van der Waals surface area contributed by atoms with Crippen LogP contribution in [0.1, 0.15) is 40.7 Å². The van der Waals surface area contributed by atoms with Gasteiger partial charge in [-0.25, -0.2) is 0 Å². The number of hydrogen-bond acceptors (Lipinski definition) is 1. The standard InChI is InChI=1S/C17H18O/c1-11-2-5-15-13(6-11)9-17(10-16(15)18)8-12-3-4-14(17)7-12/h2-6,12,14H,7-10H2,1H3. The van der Waals surface area contributed by atoms with E-state index in [0.717, 1.165) is 24.3 Å². The first-order chi connectivity index (χ1) is 8.66. The number of benzene rings is 1. The zero-order valence-electron chi connectivity index (χ0n) is 10.8. The minimum absolute atomic E-state index is 0.261. The van der Waals surface area contributed by atoms with E-state index in [1.165, 1.54) is 24.0 Å². The Labute approximate surface area is 108 Å². The molecule has 1 saturated carbocycles. The maximum atomic E-state index is 12.4. The monoisotopic (exact) mass is 238 g/mol. The quantitative estimate of drug-likeness (QED) is 0.630. The second-order valence-corrected chi connectivity index (χ2v) is 6.49. The van der Waals surface area contributed by atoms with Gasteiger partial charge in [-0.15, -0.1) is 0 Å². The van der Waals surface area contributed by atoms with Gasteiger partial charge in [0.25, 0.3) is 0 Å². The molecule has 3 unspecified atom stereocenters. The lowest BCUT2D eigenvalue weighted by Crippen LogP contribution is -2.35. The number of Topliss-reactive ketones (excluding diaryl/α,β-unsaturated/α-hetero) is 1. The molecule has 92 valence electrons. The number of allylic oxidation sites excluding steroid dienone is 2. The average Bonchev–Trinajstić information content (AvgIpc) is 2.88. The summed E-state index contributed by atoms with van der Waals surface area (Å²) >= 11 is 0. The van der Waals surface area contributed by atoms with Crippen molar-refractivity contribution < 1.29 is 4.79 Å². The highest BCUT2D eigenvalue weighted by Crippen LogP contribution is 2.57. The molecule has 3 atom stereocenters. The molecule has 1 spiro atoms. The fraction of sp³-hybridized carbons (Fsp3) is 0.471. The van der Waals surface area contributed by atoms with Crippen molar-refractivity contribution in [2.24, 2.45) is 17.3 Å². The summed E-state index contributed by atoms with van der Waals surface area (Å²) in [5.41, 5.74) is 3.82. The van der Waals surface area contributed by atoms with Crippen LogP contribution in [0, 0.1) is 24.2 Å². The number of aryl methyl sites for hydroxylation is 1. The van der Waals surface area contributed by atoms with Crippen molar-refractivity contribution in [1.82, 2.24) is 0 Å². The van der Waals surface area contributed by atoms with E-state index >= 15 is 0 Å². The summed E-state index contributed by atoms with van der Waals surface area (Å²) < 4.78 is 0. The Morgan fingerprint density at radius 2 is 2.11 bits per heavy atom. The molecular formula is C17H18O. The largest absolute Gasteiger partial charge is 0.294 e. The molecule has 1 heteroatoms. The normalized spacial score (nSPS) is 36.4. The van der Waals surface area contributed by atoms with Gasteiger partial charge >= 0.3 is 0 Å². The lowest BCUT2D eigenvalue weighted by atomic mass is 9.64. The fourth-order valence-corrected chi connectivity index (χ4v) is 4.46. The highest BCUT2D eigenvalue weighted by atomic mass is 16.1. The fourth-order valence-electron chi connectivity index (χ4n) is 4.46. The van der Waals surface area contributed by atoms with Crippen LogP contribution in [0.5, 0.6) is 0 Å². The first-order valence-corrected chi connectivity index (χ1v) is 6.97. The first-order valence-electron chi connectivity index (χ1n) is 6.97. The van der Waals surface area contributed by atoms with Gasteiger partial charge in [0.05, 0.1) is 0 Å². The van der Waals surface area contributed by atoms with Gasteiger partial charge in [-0.3, -0.25) is 4.79 Å². The van der Waals surface area contributed by atoms with Gasteiger partial charge in [0, 0.05) is 12.0 Å². The predicted molar refractivity (Wildman–Crippen MR) is 71.6 cm³/mol. The van der Waals surface area contributed by atoms with Crippen molar-refractivity contribution in [3.05, 3.63) is 47.0 Å². The number of fused-ring (bicyclic) bond motifs is 4. The Hall–Kier alpha value is -1.37. The van der Waals surface area contributed by atoms with Crippen molar-refractivity contribution in [3.63, 3.8) is 0 Å². The third-order valence-corrected chi connectivity index (χ3v) is 5.24. The summed E-state index contributed by atoms with van der Waals surface area (Å²) in [6.07, 6.45) is 9.14. The van der Waals surface area contributed by atoms with Gasteiger partial charge in [0.15, 0.2) is 5.78 Å². The number of hydrogen-bond donors (Lipinski definition) is 0. The second kappa shape index (κ2) is 3.34.